The van der Waals surface area contributed by atoms with E-state index in [2.05, 4.69) is 171 Å². The van der Waals surface area contributed by atoms with Gasteiger partial charge in [-0.25, -0.2) is 0 Å². The molecule has 0 aliphatic carbocycles. The van der Waals surface area contributed by atoms with E-state index in [0.717, 1.165) is 54.0 Å². The molecule has 5 aromatic rings. The summed E-state index contributed by atoms with van der Waals surface area (Å²) in [4.78, 5) is 0. The Morgan fingerprint density at radius 2 is 1.08 bits per heavy atom. The first-order valence-corrected chi connectivity index (χ1v) is 24.4. The van der Waals surface area contributed by atoms with Crippen LogP contribution in [0.2, 0.25) is 5.21 Å². The van der Waals surface area contributed by atoms with Crippen LogP contribution in [-0.2, 0) is 12.8 Å². The van der Waals surface area contributed by atoms with E-state index in [4.69, 9.17) is 9.47 Å². The van der Waals surface area contributed by atoms with Crippen LogP contribution < -0.4 is 22.5 Å². The normalized spacial score (nSPS) is 18.4. The van der Waals surface area contributed by atoms with Gasteiger partial charge < -0.3 is 0 Å². The summed E-state index contributed by atoms with van der Waals surface area (Å²) in [5, 5.41) is 1.22. The summed E-state index contributed by atoms with van der Waals surface area (Å²) in [7, 11) is 0. The quantitative estimate of drug-likeness (QED) is 0.0731. The molecule has 5 aromatic carbocycles. The van der Waals surface area contributed by atoms with E-state index in [1.165, 1.54) is 60.6 Å². The molecule has 5 heteroatoms. The second-order valence-electron chi connectivity index (χ2n) is 16.2. The summed E-state index contributed by atoms with van der Waals surface area (Å²) in [5.74, 6) is 1.85. The average molecular weight is 767 g/mol. The number of hydrogen-bond acceptors (Lipinski definition) is 2. The standard InChI is InChI=1S/C48H55AsN2O2/c1-6-7-11-20-38-30-37(3)46-41(32-38)34-51-47(4,5)35-50-33-40-31-39(29-36(2)45(40)52-48(50,51)53-46)21-18-19-28-49(42-22-12-8-13-23-42,43-24-14-9-15-25-43)44-26-16-10-17-27-44/h8-10,12-17,22-27,29-34,49H,6-7,11,18-21,28,35H2,1-5H3/q+2. The van der Waals surface area contributed by atoms with E-state index in [-0.39, 0.29) is 5.54 Å². The predicted octanol–water partition coefficient (Wildman–Crippen LogP) is 8.01. The van der Waals surface area contributed by atoms with Crippen molar-refractivity contribution in [3.05, 3.63) is 149 Å². The van der Waals surface area contributed by atoms with Gasteiger partial charge in [0.05, 0.1) is 5.56 Å². The van der Waals surface area contributed by atoms with Crippen LogP contribution in [0.5, 0.6) is 11.5 Å². The molecule has 272 valence electrons. The summed E-state index contributed by atoms with van der Waals surface area (Å²) in [6.07, 6.45) is 12.8. The van der Waals surface area contributed by atoms with Crippen molar-refractivity contribution in [1.29, 1.82) is 0 Å². The van der Waals surface area contributed by atoms with E-state index < -0.39 is 19.6 Å². The van der Waals surface area contributed by atoms with Crippen molar-refractivity contribution in [2.45, 2.75) is 96.3 Å². The van der Waals surface area contributed by atoms with Crippen LogP contribution in [0.25, 0.3) is 0 Å². The van der Waals surface area contributed by atoms with Gasteiger partial charge in [0.2, 0.25) is 0 Å². The van der Waals surface area contributed by atoms with Gasteiger partial charge in [-0.1, -0.05) is 25.8 Å². The number of benzene rings is 5. The first-order valence-electron chi connectivity index (χ1n) is 19.8. The second kappa shape index (κ2) is 14.4. The summed E-state index contributed by atoms with van der Waals surface area (Å²) >= 11 is -2.94. The summed E-state index contributed by atoms with van der Waals surface area (Å²) in [6.45, 7) is 12.0. The van der Waals surface area contributed by atoms with E-state index in [0.29, 0.717) is 0 Å². The van der Waals surface area contributed by atoms with Gasteiger partial charge in [0.1, 0.15) is 0 Å². The van der Waals surface area contributed by atoms with Crippen LogP contribution in [0.4, 0.5) is 0 Å². The number of nitrogens with zero attached hydrogens (tertiary/aromatic N) is 2. The van der Waals surface area contributed by atoms with Crippen LogP contribution in [0, 0.1) is 13.8 Å². The molecule has 8 rings (SSSR count). The molecule has 1 saturated heterocycles. The molecule has 3 aliphatic heterocycles. The van der Waals surface area contributed by atoms with Crippen molar-refractivity contribution < 1.29 is 18.6 Å². The molecule has 4 nitrogen and oxygen atoms in total. The van der Waals surface area contributed by atoms with E-state index in [9.17, 15) is 0 Å². The van der Waals surface area contributed by atoms with Gasteiger partial charge in [-0.2, -0.15) is 0 Å². The SMILES string of the molecule is CCCCCc1cc(C)c2c(c1)C=[N+]1C(C)(C)C[N+]3=Cc4cc(CCCC[AsH](c5ccccc5)(c5ccccc5)c5ccccc5)cc(C)c4OC31O2. The van der Waals surface area contributed by atoms with E-state index >= 15 is 0 Å². The van der Waals surface area contributed by atoms with Crippen molar-refractivity contribution in [3.63, 3.8) is 0 Å². The Kier molecular flexibility index (Phi) is 9.71. The molecular weight excluding hydrogens is 711 g/mol. The molecule has 0 saturated carbocycles. The minimum absolute atomic E-state index is 0.187. The minimum atomic E-state index is -2.94. The summed E-state index contributed by atoms with van der Waals surface area (Å²) < 4.78 is 23.3. The maximum atomic E-state index is 7.08. The summed E-state index contributed by atoms with van der Waals surface area (Å²) in [5.41, 5.74) is 7.20. The molecule has 3 aliphatic rings. The number of fused-ring (bicyclic) bond motifs is 2. The Hall–Kier alpha value is -4.40. The Morgan fingerprint density at radius 1 is 0.604 bits per heavy atom. The Balaban J connectivity index is 1.05. The molecule has 53 heavy (non-hydrogen) atoms. The zero-order valence-electron chi connectivity index (χ0n) is 32.2. The molecule has 0 radical (unpaired) electrons. The van der Waals surface area contributed by atoms with Crippen LogP contribution in [0.1, 0.15) is 86.3 Å². The molecule has 0 bridgehead atoms. The van der Waals surface area contributed by atoms with Crippen molar-refractivity contribution in [1.82, 2.24) is 0 Å². The third-order valence-corrected chi connectivity index (χ3v) is 22.4. The summed E-state index contributed by atoms with van der Waals surface area (Å²) in [6, 6.07) is 42.4. The maximum absolute atomic E-state index is 7.08. The molecule has 0 N–H and O–H groups in total. The van der Waals surface area contributed by atoms with Gasteiger partial charge in [0, 0.05) is 0 Å². The first kappa shape index (κ1) is 35.6. The number of rotatable bonds is 12. The number of aryl methyl sites for hydroxylation is 4. The van der Waals surface area contributed by atoms with Crippen molar-refractivity contribution in [2.24, 2.45) is 0 Å². The molecule has 1 fully saturated rings. The molecule has 1 atom stereocenters. The number of unbranched alkanes of at least 4 members (excludes halogenated alkanes) is 3. The van der Waals surface area contributed by atoms with Gasteiger partial charge in [-0.3, -0.25) is 0 Å². The molecular formula is C48H55AsN2O2+2. The van der Waals surface area contributed by atoms with Gasteiger partial charge in [-0.05, 0) is 37.0 Å². The average Bonchev–Trinajstić information content (AvgIpc) is 3.39. The molecule has 1 spiro atoms. The van der Waals surface area contributed by atoms with Gasteiger partial charge in [-0.15, -0.1) is 0 Å². The fraction of sp³-hybridized carbons (Fsp3) is 0.333. The molecule has 0 amide bonds. The topological polar surface area (TPSA) is 24.5 Å². The van der Waals surface area contributed by atoms with Crippen LogP contribution in [-0.4, -0.2) is 53.2 Å². The zero-order valence-corrected chi connectivity index (χ0v) is 34.3. The number of ether oxygens (including phenoxy) is 2. The fourth-order valence-electron chi connectivity index (χ4n) is 9.22. The van der Waals surface area contributed by atoms with Crippen LogP contribution in [0.15, 0.2) is 115 Å². The Labute approximate surface area is 319 Å². The Morgan fingerprint density at radius 3 is 1.57 bits per heavy atom. The molecule has 1 unspecified atom stereocenters. The van der Waals surface area contributed by atoms with Gasteiger partial charge in [0.15, 0.2) is 0 Å². The first-order chi connectivity index (χ1) is 25.7. The predicted molar refractivity (Wildman–Crippen MR) is 222 cm³/mol. The molecule has 0 aromatic heterocycles. The monoisotopic (exact) mass is 766 g/mol. The van der Waals surface area contributed by atoms with Crippen molar-refractivity contribution in [2.75, 3.05) is 6.54 Å². The third-order valence-electron chi connectivity index (χ3n) is 11.8. The number of hydrogen-bond donors (Lipinski definition) is 0. The zero-order chi connectivity index (χ0) is 36.6. The second-order valence-corrected chi connectivity index (χ2v) is 24.6. The third kappa shape index (κ3) is 6.48. The van der Waals surface area contributed by atoms with Crippen molar-refractivity contribution >= 4 is 39.0 Å². The van der Waals surface area contributed by atoms with Gasteiger partial charge >= 0.3 is 252 Å². The van der Waals surface area contributed by atoms with Crippen LogP contribution >= 0.6 is 0 Å². The van der Waals surface area contributed by atoms with Crippen molar-refractivity contribution in [3.8, 4) is 11.5 Å². The van der Waals surface area contributed by atoms with Crippen LogP contribution in [0.3, 0.4) is 0 Å². The Bertz CT molecular complexity index is 2080. The van der Waals surface area contributed by atoms with E-state index in [1.807, 2.05) is 0 Å². The molecule has 3 heterocycles. The fourth-order valence-corrected chi connectivity index (χ4v) is 19.6. The van der Waals surface area contributed by atoms with Gasteiger partial charge in [0.25, 0.3) is 0 Å². The van der Waals surface area contributed by atoms with E-state index in [1.54, 1.807) is 0 Å².